The summed E-state index contributed by atoms with van der Waals surface area (Å²) in [7, 11) is 0. The molecule has 0 spiro atoms. The monoisotopic (exact) mass is 415 g/mol. The molecule has 2 amide bonds. The molecule has 4 rings (SSSR count). The van der Waals surface area contributed by atoms with Crippen LogP contribution in [-0.2, 0) is 10.5 Å². The number of rotatable bonds is 7. The molecule has 2 fully saturated rings. The number of carbonyl (C=O) groups excluding carboxylic acids is 2. The lowest BCUT2D eigenvalue weighted by Gasteiger charge is -2.34. The predicted molar refractivity (Wildman–Crippen MR) is 109 cm³/mol. The highest BCUT2D eigenvalue weighted by atomic mass is 32.2. The maximum absolute atomic E-state index is 13.1. The fourth-order valence-corrected chi connectivity index (χ4v) is 4.17. The van der Waals surface area contributed by atoms with Crippen LogP contribution in [0.4, 0.5) is 0 Å². The van der Waals surface area contributed by atoms with E-state index in [-0.39, 0.29) is 11.8 Å². The molecule has 0 unspecified atom stereocenters. The Morgan fingerprint density at radius 2 is 1.97 bits per heavy atom. The van der Waals surface area contributed by atoms with Crippen molar-refractivity contribution in [2.45, 2.75) is 36.5 Å². The van der Waals surface area contributed by atoms with Crippen molar-refractivity contribution in [2.24, 2.45) is 0 Å². The second kappa shape index (κ2) is 8.96. The van der Waals surface area contributed by atoms with Gasteiger partial charge in [0.15, 0.2) is 5.82 Å². The Hall–Kier alpha value is -2.39. The Morgan fingerprint density at radius 3 is 2.66 bits per heavy atom. The zero-order chi connectivity index (χ0) is 20.2. The van der Waals surface area contributed by atoms with Gasteiger partial charge in [0.2, 0.25) is 11.8 Å². The molecule has 1 aromatic carbocycles. The predicted octanol–water partition coefficient (Wildman–Crippen LogP) is 1.71. The number of nitrogens with zero attached hydrogens (tertiary/aromatic N) is 4. The van der Waals surface area contributed by atoms with Gasteiger partial charge in [0, 0.05) is 37.1 Å². The molecule has 8 nitrogen and oxygen atoms in total. The minimum Gasteiger partial charge on any atom is -0.352 e. The van der Waals surface area contributed by atoms with Gasteiger partial charge in [-0.1, -0.05) is 17.3 Å². The first-order valence-electron chi connectivity index (χ1n) is 9.90. The molecule has 0 radical (unpaired) electrons. The number of amides is 2. The second-order valence-electron chi connectivity index (χ2n) is 7.43. The van der Waals surface area contributed by atoms with Crippen molar-refractivity contribution in [2.75, 3.05) is 32.7 Å². The average Bonchev–Trinajstić information content (AvgIpc) is 3.44. The summed E-state index contributed by atoms with van der Waals surface area (Å²) in [5, 5.41) is 6.82. The van der Waals surface area contributed by atoms with E-state index in [1.807, 2.05) is 29.2 Å². The fraction of sp³-hybridized carbons (Fsp3) is 0.500. The minimum atomic E-state index is 0.0249. The molecule has 29 heavy (non-hydrogen) atoms. The van der Waals surface area contributed by atoms with Crippen LogP contribution in [0.25, 0.3) is 0 Å². The van der Waals surface area contributed by atoms with E-state index in [1.165, 1.54) is 11.8 Å². The number of hydrogen-bond donors (Lipinski definition) is 1. The maximum Gasteiger partial charge on any atom is 0.255 e. The third-order valence-corrected chi connectivity index (χ3v) is 6.07. The molecular weight excluding hydrogens is 390 g/mol. The number of benzene rings is 1. The largest absolute Gasteiger partial charge is 0.352 e. The molecular formula is C20H25N5O3S. The number of carbonyl (C=O) groups is 2. The molecule has 2 heterocycles. The first-order valence-corrected chi connectivity index (χ1v) is 10.9. The van der Waals surface area contributed by atoms with Gasteiger partial charge in [-0.2, -0.15) is 4.98 Å². The second-order valence-corrected chi connectivity index (χ2v) is 8.45. The van der Waals surface area contributed by atoms with E-state index in [9.17, 15) is 9.59 Å². The molecule has 1 aromatic heterocycles. The van der Waals surface area contributed by atoms with Crippen LogP contribution in [0.1, 0.15) is 34.9 Å². The van der Waals surface area contributed by atoms with E-state index < -0.39 is 0 Å². The third-order valence-electron chi connectivity index (χ3n) is 5.01. The molecule has 2 aliphatic rings. The summed E-state index contributed by atoms with van der Waals surface area (Å²) >= 11 is 1.52. The van der Waals surface area contributed by atoms with Crippen LogP contribution < -0.4 is 5.32 Å². The smallest absolute Gasteiger partial charge is 0.255 e. The molecule has 154 valence electrons. The topological polar surface area (TPSA) is 91.6 Å². The summed E-state index contributed by atoms with van der Waals surface area (Å²) in [6.07, 6.45) is 2.19. The Kier molecular flexibility index (Phi) is 6.15. The average molecular weight is 416 g/mol. The van der Waals surface area contributed by atoms with Gasteiger partial charge in [-0.25, -0.2) is 0 Å². The summed E-state index contributed by atoms with van der Waals surface area (Å²) in [4.78, 5) is 34.2. The molecule has 1 aliphatic carbocycles. The SMILES string of the molecule is Cc1noc(CSc2ccccc2C(=O)N2CCN(CC(=O)NC3CC3)CC2)n1. The van der Waals surface area contributed by atoms with Crippen molar-refractivity contribution in [3.05, 3.63) is 41.5 Å². The standard InChI is InChI=1S/C20H25N5O3S/c1-14-21-19(28-23-14)13-29-17-5-3-2-4-16(17)20(27)25-10-8-24(9-11-25)12-18(26)22-15-6-7-15/h2-5,15H,6-13H2,1H3,(H,22,26). The highest BCUT2D eigenvalue weighted by molar-refractivity contribution is 7.98. The van der Waals surface area contributed by atoms with Gasteiger partial charge in [0.05, 0.1) is 17.9 Å². The zero-order valence-corrected chi connectivity index (χ0v) is 17.3. The number of thioether (sulfide) groups is 1. The van der Waals surface area contributed by atoms with Crippen LogP contribution >= 0.6 is 11.8 Å². The Labute approximate surface area is 174 Å². The van der Waals surface area contributed by atoms with Gasteiger partial charge in [0.25, 0.3) is 5.91 Å². The Balaban J connectivity index is 1.32. The summed E-state index contributed by atoms with van der Waals surface area (Å²) < 4.78 is 5.16. The summed E-state index contributed by atoms with van der Waals surface area (Å²) in [6, 6.07) is 8.00. The number of aryl methyl sites for hydroxylation is 1. The lowest BCUT2D eigenvalue weighted by atomic mass is 10.2. The molecule has 1 saturated carbocycles. The molecule has 2 aromatic rings. The maximum atomic E-state index is 13.1. The van der Waals surface area contributed by atoms with Crippen molar-refractivity contribution in [1.29, 1.82) is 0 Å². The highest BCUT2D eigenvalue weighted by Gasteiger charge is 2.27. The Morgan fingerprint density at radius 1 is 1.21 bits per heavy atom. The van der Waals surface area contributed by atoms with E-state index in [0.29, 0.717) is 61.8 Å². The first-order chi connectivity index (χ1) is 14.1. The highest BCUT2D eigenvalue weighted by Crippen LogP contribution is 2.27. The van der Waals surface area contributed by atoms with Gasteiger partial charge >= 0.3 is 0 Å². The van der Waals surface area contributed by atoms with E-state index in [4.69, 9.17) is 4.52 Å². The molecule has 1 saturated heterocycles. The van der Waals surface area contributed by atoms with Crippen LogP contribution in [0.5, 0.6) is 0 Å². The van der Waals surface area contributed by atoms with Crippen molar-refractivity contribution in [3.63, 3.8) is 0 Å². The summed E-state index contributed by atoms with van der Waals surface area (Å²) in [5.41, 5.74) is 0.689. The van der Waals surface area contributed by atoms with E-state index >= 15 is 0 Å². The van der Waals surface area contributed by atoms with Gasteiger partial charge < -0.3 is 14.7 Å². The van der Waals surface area contributed by atoms with E-state index in [0.717, 1.165) is 17.7 Å². The lowest BCUT2D eigenvalue weighted by Crippen LogP contribution is -2.51. The van der Waals surface area contributed by atoms with Gasteiger partial charge in [0.1, 0.15) is 0 Å². The van der Waals surface area contributed by atoms with Crippen molar-refractivity contribution in [1.82, 2.24) is 25.3 Å². The van der Waals surface area contributed by atoms with Crippen LogP contribution in [-0.4, -0.2) is 70.5 Å². The van der Waals surface area contributed by atoms with Crippen LogP contribution in [0.15, 0.2) is 33.7 Å². The van der Waals surface area contributed by atoms with Gasteiger partial charge in [-0.15, -0.1) is 11.8 Å². The molecule has 0 atom stereocenters. The minimum absolute atomic E-state index is 0.0249. The Bertz CT molecular complexity index is 875. The molecule has 1 N–H and O–H groups in total. The van der Waals surface area contributed by atoms with Crippen LogP contribution in [0.2, 0.25) is 0 Å². The first kappa shape index (κ1) is 19.9. The number of piperazine rings is 1. The summed E-state index contributed by atoms with van der Waals surface area (Å²) in [6.45, 7) is 4.86. The van der Waals surface area contributed by atoms with Gasteiger partial charge in [-0.05, 0) is 31.9 Å². The molecule has 1 aliphatic heterocycles. The van der Waals surface area contributed by atoms with E-state index in [2.05, 4.69) is 20.4 Å². The van der Waals surface area contributed by atoms with E-state index in [1.54, 1.807) is 6.92 Å². The van der Waals surface area contributed by atoms with Crippen LogP contribution in [0, 0.1) is 6.92 Å². The zero-order valence-electron chi connectivity index (χ0n) is 16.5. The summed E-state index contributed by atoms with van der Waals surface area (Å²) in [5.74, 6) is 1.79. The lowest BCUT2D eigenvalue weighted by molar-refractivity contribution is -0.122. The van der Waals surface area contributed by atoms with Crippen LogP contribution in [0.3, 0.4) is 0 Å². The fourth-order valence-electron chi connectivity index (χ4n) is 3.29. The third kappa shape index (κ3) is 5.36. The molecule has 9 heteroatoms. The van der Waals surface area contributed by atoms with Crippen molar-refractivity contribution >= 4 is 23.6 Å². The quantitative estimate of drug-likeness (QED) is 0.688. The number of aromatic nitrogens is 2. The number of hydrogen-bond acceptors (Lipinski definition) is 7. The van der Waals surface area contributed by atoms with Gasteiger partial charge in [-0.3, -0.25) is 14.5 Å². The number of nitrogens with one attached hydrogen (secondary N) is 1. The van der Waals surface area contributed by atoms with Crippen molar-refractivity contribution in [3.8, 4) is 0 Å². The molecule has 0 bridgehead atoms. The normalized spacial score (nSPS) is 17.3. The van der Waals surface area contributed by atoms with Crippen molar-refractivity contribution < 1.29 is 14.1 Å².